The fourth-order valence-corrected chi connectivity index (χ4v) is 70.0. The van der Waals surface area contributed by atoms with Gasteiger partial charge < -0.3 is 4.74 Å². The summed E-state index contributed by atoms with van der Waals surface area (Å²) in [4.78, 5) is 0. The fourth-order valence-electron chi connectivity index (χ4n) is 1.39. The third kappa shape index (κ3) is 9.40. The van der Waals surface area contributed by atoms with Gasteiger partial charge in [0.05, 0.1) is 6.61 Å². The molecule has 0 amide bonds. The Kier molecular flexibility index (Phi) is 12.9. The molecule has 0 saturated carbocycles. The van der Waals surface area contributed by atoms with Crippen LogP contribution in [0, 0.1) is 0 Å². The Balaban J connectivity index is 1.87. The zero-order valence-corrected chi connectivity index (χ0v) is 18.3. The first-order valence-electron chi connectivity index (χ1n) is 5.82. The minimum Gasteiger partial charge on any atom is -0.487 e. The number of ether oxygens (including phenoxy) is 1. The molecule has 0 spiro atoms. The lowest BCUT2D eigenvalue weighted by Gasteiger charge is -2.06. The summed E-state index contributed by atoms with van der Waals surface area (Å²) in [5.41, 5.74) is 0. The highest BCUT2D eigenvalue weighted by Crippen LogP contribution is 2.48. The van der Waals surface area contributed by atoms with E-state index in [9.17, 15) is 0 Å². The topological polar surface area (TPSA) is 9.23 Å². The second kappa shape index (κ2) is 12.5. The second-order valence-electron chi connectivity index (χ2n) is 3.64. The first-order chi connectivity index (χ1) is 7.93. The van der Waals surface area contributed by atoms with Gasteiger partial charge in [-0.15, -0.1) is 0 Å². The molecular weight excluding hydrogens is 656 g/mol. The molecule has 98 valence electrons. The van der Waals surface area contributed by atoms with Crippen LogP contribution in [0.25, 0.3) is 0 Å². The minimum atomic E-state index is 0.440. The maximum absolute atomic E-state index is 5.89. The smallest absolute Gasteiger partial charge is 0.162 e. The van der Waals surface area contributed by atoms with E-state index in [1.165, 1.54) is 48.7 Å². The maximum atomic E-state index is 5.89. The summed E-state index contributed by atoms with van der Waals surface area (Å²) in [6.07, 6.45) is 9.74. The molecule has 0 aromatic rings. The quantitative estimate of drug-likeness (QED) is 0.186. The van der Waals surface area contributed by atoms with E-state index in [0.717, 1.165) is 19.2 Å². The predicted molar refractivity (Wildman–Crippen MR) is 108 cm³/mol. The highest BCUT2D eigenvalue weighted by atomic mass is 128. The van der Waals surface area contributed by atoms with Crippen molar-refractivity contribution in [1.29, 1.82) is 0 Å². The van der Waals surface area contributed by atoms with Crippen LogP contribution in [0.5, 0.6) is 0 Å². The van der Waals surface area contributed by atoms with Crippen LogP contribution in [-0.4, -0.2) is 6.61 Å². The lowest BCUT2D eigenvalue weighted by atomic mass is 10.1. The van der Waals surface area contributed by atoms with Gasteiger partial charge >= 0.3 is 0 Å². The van der Waals surface area contributed by atoms with Crippen molar-refractivity contribution in [3.63, 3.8) is 0 Å². The van der Waals surface area contributed by atoms with Gasteiger partial charge in [-0.2, -0.15) is 0 Å². The van der Waals surface area contributed by atoms with Gasteiger partial charge in [0.2, 0.25) is 0 Å². The van der Waals surface area contributed by atoms with Gasteiger partial charge in [-0.05, 0) is 48.3 Å². The molecule has 1 nitrogen and oxygen atoms in total. The van der Waals surface area contributed by atoms with E-state index in [1.807, 2.05) is 0 Å². The Bertz CT molecular complexity index is 261. The number of hydrogen-bond acceptors (Lipinski definition) is 1. The lowest BCUT2D eigenvalue weighted by Crippen LogP contribution is -1.90. The van der Waals surface area contributed by atoms with Crippen molar-refractivity contribution in [2.75, 3.05) is 6.61 Å². The Hall–Kier alpha value is 2.46. The van der Waals surface area contributed by atoms with Gasteiger partial charge in [-0.25, -0.2) is 0 Å². The molecule has 1 aliphatic rings. The van der Waals surface area contributed by atoms with E-state index in [1.54, 1.807) is 0 Å². The number of halogens is 4. The Morgan fingerprint density at radius 2 is 1.75 bits per heavy atom. The summed E-state index contributed by atoms with van der Waals surface area (Å²) in [6, 6.07) is 0. The van der Waals surface area contributed by atoms with Gasteiger partial charge in [0, 0.05) is 20.7 Å². The van der Waals surface area contributed by atoms with Crippen LogP contribution in [0.1, 0.15) is 51.9 Å². The van der Waals surface area contributed by atoms with E-state index < -0.39 is 0 Å². The highest BCUT2D eigenvalue weighted by Gasteiger charge is 1.97. The molecule has 1 rings (SSSR count). The Morgan fingerprint density at radius 3 is 2.44 bits per heavy atom. The minimum absolute atomic E-state index is 0.440. The average molecular weight is 676 g/mol. The normalized spacial score (nSPS) is 15.9. The van der Waals surface area contributed by atoms with Crippen molar-refractivity contribution in [2.24, 2.45) is 0 Å². The molecule has 16 heavy (non-hydrogen) atoms. The molecule has 0 N–H and O–H groups in total. The zero-order chi connectivity index (χ0) is 11.5. The van der Waals surface area contributed by atoms with Crippen LogP contribution in [0.4, 0.5) is 0 Å². The summed E-state index contributed by atoms with van der Waals surface area (Å²) in [5, 5.41) is 0. The molecule has 0 radical (unpaired) electrons. The molecule has 0 unspecified atom stereocenters. The fraction of sp³-hybridized carbons (Fsp3) is 0.818. The van der Waals surface area contributed by atoms with Crippen molar-refractivity contribution in [3.8, 4) is 0 Å². The third-order valence-electron chi connectivity index (χ3n) is 2.26. The lowest BCUT2D eigenvalue weighted by molar-refractivity contribution is 0.236. The summed E-state index contributed by atoms with van der Waals surface area (Å²) in [6.45, 7) is 3.30. The van der Waals surface area contributed by atoms with E-state index in [-0.39, 0.29) is 0 Å². The molecule has 0 atom stereocenters. The molecule has 0 aromatic heterocycles. The number of hydrogen-bond donors (Lipinski definition) is 0. The van der Waals surface area contributed by atoms with Crippen LogP contribution < -0.4 is 0 Å². The van der Waals surface area contributed by atoms with Crippen LogP contribution in [-0.2, 0) is 4.74 Å². The van der Waals surface area contributed by atoms with Crippen LogP contribution in [0.3, 0.4) is 0 Å². The molecule has 0 aliphatic carbocycles. The summed E-state index contributed by atoms with van der Waals surface area (Å²) in [7, 11) is 0. The predicted octanol–water partition coefficient (Wildman–Crippen LogP) is 7.19. The van der Waals surface area contributed by atoms with E-state index in [4.69, 9.17) is 4.74 Å². The molecule has 0 saturated heterocycles. The summed E-state index contributed by atoms with van der Waals surface area (Å²) < 4.78 is 9.91. The first-order valence-corrected chi connectivity index (χ1v) is 27.0. The van der Waals surface area contributed by atoms with Gasteiger partial charge in [0.25, 0.3) is 0 Å². The standard InChI is InChI=1S/C11H20I4O/c1-2-3-4-5-6-7-8-9-16-11-10-12-14-15-13-11/h10H,2-9H2,1H3. The van der Waals surface area contributed by atoms with Crippen molar-refractivity contribution in [2.45, 2.75) is 51.9 Å². The van der Waals surface area contributed by atoms with Gasteiger partial charge in [-0.1, -0.05) is 45.4 Å². The molecule has 0 bridgehead atoms. The molecule has 1 heterocycles. The van der Waals surface area contributed by atoms with Crippen molar-refractivity contribution >= 4 is 58.4 Å². The average Bonchev–Trinajstić information content (AvgIpc) is 2.34. The highest BCUT2D eigenvalue weighted by molar-refractivity contribution is 15.4. The first kappa shape index (κ1) is 16.5. The maximum Gasteiger partial charge on any atom is 0.162 e. The SMILES string of the molecule is CCCCCCCCCOC1=CI=II=I1. The number of rotatable bonds is 9. The van der Waals surface area contributed by atoms with Crippen molar-refractivity contribution in [3.05, 3.63) is 7.85 Å². The Morgan fingerprint density at radius 1 is 1.00 bits per heavy atom. The molecule has 5 heteroatoms. The second-order valence-corrected chi connectivity index (χ2v) is 44.6. The van der Waals surface area contributed by atoms with Crippen LogP contribution in [0.15, 0.2) is 7.85 Å². The van der Waals surface area contributed by atoms with E-state index >= 15 is 0 Å². The van der Waals surface area contributed by atoms with Crippen molar-refractivity contribution in [1.82, 2.24) is 0 Å². The largest absolute Gasteiger partial charge is 0.487 e. The zero-order valence-electron chi connectivity index (χ0n) is 9.65. The van der Waals surface area contributed by atoms with Gasteiger partial charge in [0.1, 0.15) is 0 Å². The van der Waals surface area contributed by atoms with Gasteiger partial charge in [-0.3, -0.25) is 0 Å². The van der Waals surface area contributed by atoms with Crippen LogP contribution >= 0.6 is 58.4 Å². The summed E-state index contributed by atoms with van der Waals surface area (Å²) >= 11 is 2.46. The van der Waals surface area contributed by atoms with Crippen LogP contribution in [0.2, 0.25) is 0 Å². The Labute approximate surface area is 127 Å². The van der Waals surface area contributed by atoms with E-state index in [2.05, 4.69) is 11.0 Å². The summed E-state index contributed by atoms with van der Waals surface area (Å²) in [5.74, 6) is 0. The molecule has 0 fully saturated rings. The molecule has 1 aliphatic heterocycles. The third-order valence-corrected chi connectivity index (χ3v) is 68.4. The van der Waals surface area contributed by atoms with Gasteiger partial charge in [0.15, 0.2) is 3.77 Å². The monoisotopic (exact) mass is 676 g/mol. The van der Waals surface area contributed by atoms with E-state index in [0.29, 0.717) is 45.8 Å². The molecule has 0 aromatic carbocycles. The van der Waals surface area contributed by atoms with Crippen molar-refractivity contribution < 1.29 is 4.74 Å². The molecular formula is C11H20I4O. The number of unbranched alkanes of at least 4 members (excludes halogenated alkanes) is 6.